The Labute approximate surface area is 104 Å². The summed E-state index contributed by atoms with van der Waals surface area (Å²) in [5.74, 6) is -0.0283. The Hall–Kier alpha value is -0.930. The van der Waals surface area contributed by atoms with Crippen LogP contribution in [-0.2, 0) is 9.53 Å². The minimum Gasteiger partial charge on any atom is -0.374 e. The molecule has 0 atom stereocenters. The van der Waals surface area contributed by atoms with E-state index in [0.29, 0.717) is 6.61 Å². The summed E-state index contributed by atoms with van der Waals surface area (Å²) in [4.78, 5) is 10.9. The second kappa shape index (κ2) is 9.14. The van der Waals surface area contributed by atoms with Crippen LogP contribution in [0.5, 0.6) is 0 Å². The molecule has 0 aromatic rings. The Morgan fingerprint density at radius 3 is 3.06 bits per heavy atom. The molecule has 3 heteroatoms. The van der Waals surface area contributed by atoms with Crippen molar-refractivity contribution in [3.63, 3.8) is 0 Å². The Kier molecular flexibility index (Phi) is 7.60. The zero-order valence-corrected chi connectivity index (χ0v) is 10.5. The highest BCUT2D eigenvalue weighted by atomic mass is 16.5. The number of carbonyl (C=O) groups is 1. The number of ketones is 1. The molecule has 1 aliphatic rings. The summed E-state index contributed by atoms with van der Waals surface area (Å²) in [5.41, 5.74) is 6.63. The van der Waals surface area contributed by atoms with Crippen LogP contribution in [0.2, 0.25) is 0 Å². The van der Waals surface area contributed by atoms with Gasteiger partial charge in [0.2, 0.25) is 0 Å². The molecular weight excluding hydrogens is 214 g/mol. The van der Waals surface area contributed by atoms with Gasteiger partial charge in [0.1, 0.15) is 6.61 Å². The summed E-state index contributed by atoms with van der Waals surface area (Å²) in [7, 11) is 0. The van der Waals surface area contributed by atoms with Gasteiger partial charge >= 0.3 is 0 Å². The summed E-state index contributed by atoms with van der Waals surface area (Å²) in [6.45, 7) is 0.902. The van der Waals surface area contributed by atoms with E-state index in [1.54, 1.807) is 0 Å². The average molecular weight is 237 g/mol. The molecule has 1 aliphatic carbocycles. The summed E-state index contributed by atoms with van der Waals surface area (Å²) in [5, 5.41) is 0. The van der Waals surface area contributed by atoms with Gasteiger partial charge in [-0.25, -0.2) is 0 Å². The fourth-order valence-electron chi connectivity index (χ4n) is 1.79. The van der Waals surface area contributed by atoms with E-state index in [4.69, 9.17) is 10.5 Å². The predicted octanol–water partition coefficient (Wildman–Crippen LogP) is 2.37. The lowest BCUT2D eigenvalue weighted by Crippen LogP contribution is -2.19. The first-order valence-electron chi connectivity index (χ1n) is 6.48. The van der Waals surface area contributed by atoms with Crippen molar-refractivity contribution < 1.29 is 9.53 Å². The van der Waals surface area contributed by atoms with Crippen molar-refractivity contribution >= 4 is 5.78 Å². The van der Waals surface area contributed by atoms with Gasteiger partial charge in [0.25, 0.3) is 0 Å². The van der Waals surface area contributed by atoms with E-state index in [1.807, 2.05) is 0 Å². The molecule has 0 fully saturated rings. The molecule has 2 N–H and O–H groups in total. The topological polar surface area (TPSA) is 52.3 Å². The molecule has 0 aromatic heterocycles. The van der Waals surface area contributed by atoms with Crippen LogP contribution in [-0.4, -0.2) is 25.5 Å². The number of ether oxygens (including phenoxy) is 1. The van der Waals surface area contributed by atoms with Crippen molar-refractivity contribution in [3.05, 3.63) is 23.8 Å². The predicted molar refractivity (Wildman–Crippen MR) is 69.8 cm³/mol. The van der Waals surface area contributed by atoms with Crippen molar-refractivity contribution in [1.82, 2.24) is 0 Å². The lowest BCUT2D eigenvalue weighted by molar-refractivity contribution is -0.122. The Bertz CT molecular complexity index is 282. The molecule has 0 amide bonds. The van der Waals surface area contributed by atoms with Gasteiger partial charge in [0, 0.05) is 6.61 Å². The number of unbranched alkanes of at least 4 members (excludes halogenated alkanes) is 1. The third-order valence-electron chi connectivity index (χ3n) is 2.81. The van der Waals surface area contributed by atoms with Crippen LogP contribution >= 0.6 is 0 Å². The minimum atomic E-state index is -0.0283. The third-order valence-corrected chi connectivity index (χ3v) is 2.81. The normalized spacial score (nSPS) is 15.5. The van der Waals surface area contributed by atoms with E-state index in [-0.39, 0.29) is 18.9 Å². The average Bonchev–Trinajstić information content (AvgIpc) is 2.61. The Morgan fingerprint density at radius 1 is 1.35 bits per heavy atom. The third kappa shape index (κ3) is 7.08. The smallest absolute Gasteiger partial charge is 0.171 e. The van der Waals surface area contributed by atoms with Crippen molar-refractivity contribution in [2.75, 3.05) is 19.8 Å². The quantitative estimate of drug-likeness (QED) is 0.659. The standard InChI is InChI=1S/C14H23NO2/c15-11-14(16)12-17-10-6-5-9-13-7-3-1-2-4-8-13/h3,7-8H,1-2,4-6,9-12,15H2. The van der Waals surface area contributed by atoms with E-state index in [0.717, 1.165) is 19.3 Å². The SMILES string of the molecule is NCC(=O)COCCCCC1=CCCCC=C1. The van der Waals surface area contributed by atoms with Crippen molar-refractivity contribution in [2.24, 2.45) is 5.73 Å². The van der Waals surface area contributed by atoms with E-state index >= 15 is 0 Å². The molecule has 0 bridgehead atoms. The zero-order chi connectivity index (χ0) is 12.3. The van der Waals surface area contributed by atoms with Gasteiger partial charge < -0.3 is 10.5 Å². The summed E-state index contributed by atoms with van der Waals surface area (Å²) >= 11 is 0. The first kappa shape index (κ1) is 14.1. The van der Waals surface area contributed by atoms with E-state index < -0.39 is 0 Å². The number of nitrogens with two attached hydrogens (primary N) is 1. The summed E-state index contributed by atoms with van der Waals surface area (Å²) in [6.07, 6.45) is 13.7. The van der Waals surface area contributed by atoms with Gasteiger partial charge in [-0.05, 0) is 38.5 Å². The van der Waals surface area contributed by atoms with Gasteiger partial charge in [-0.15, -0.1) is 0 Å². The largest absolute Gasteiger partial charge is 0.374 e. The van der Waals surface area contributed by atoms with Crippen LogP contribution in [0.25, 0.3) is 0 Å². The van der Waals surface area contributed by atoms with Gasteiger partial charge in [-0.3, -0.25) is 4.79 Å². The van der Waals surface area contributed by atoms with Crippen LogP contribution in [0.1, 0.15) is 38.5 Å². The molecule has 3 nitrogen and oxygen atoms in total. The van der Waals surface area contributed by atoms with Gasteiger partial charge in [-0.1, -0.05) is 23.8 Å². The van der Waals surface area contributed by atoms with Crippen LogP contribution in [0.3, 0.4) is 0 Å². The summed E-state index contributed by atoms with van der Waals surface area (Å²) < 4.78 is 5.23. The molecule has 0 aliphatic heterocycles. The van der Waals surface area contributed by atoms with Crippen LogP contribution in [0.4, 0.5) is 0 Å². The number of hydrogen-bond donors (Lipinski definition) is 1. The first-order valence-corrected chi connectivity index (χ1v) is 6.48. The van der Waals surface area contributed by atoms with Crippen LogP contribution < -0.4 is 5.73 Å². The lowest BCUT2D eigenvalue weighted by Gasteiger charge is -2.03. The zero-order valence-electron chi connectivity index (χ0n) is 10.5. The van der Waals surface area contributed by atoms with E-state index in [9.17, 15) is 4.79 Å². The molecular formula is C14H23NO2. The van der Waals surface area contributed by atoms with Crippen LogP contribution in [0, 0.1) is 0 Å². The monoisotopic (exact) mass is 237 g/mol. The number of rotatable bonds is 8. The van der Waals surface area contributed by atoms with Crippen molar-refractivity contribution in [1.29, 1.82) is 0 Å². The van der Waals surface area contributed by atoms with Gasteiger partial charge in [0.05, 0.1) is 6.54 Å². The maximum absolute atomic E-state index is 10.9. The maximum atomic E-state index is 10.9. The second-order valence-electron chi connectivity index (χ2n) is 4.36. The number of Topliss-reactive ketones (excluding diaryl/α,β-unsaturated/α-hetero) is 1. The highest BCUT2D eigenvalue weighted by molar-refractivity contribution is 5.81. The molecule has 96 valence electrons. The summed E-state index contributed by atoms with van der Waals surface area (Å²) in [6, 6.07) is 0. The minimum absolute atomic E-state index is 0.0283. The lowest BCUT2D eigenvalue weighted by atomic mass is 10.1. The number of carbonyl (C=O) groups excluding carboxylic acids is 1. The highest BCUT2D eigenvalue weighted by Gasteiger charge is 1.99. The molecule has 0 saturated heterocycles. The number of allylic oxidation sites excluding steroid dienone is 4. The molecule has 1 rings (SSSR count). The van der Waals surface area contributed by atoms with Gasteiger partial charge in [0.15, 0.2) is 5.78 Å². The first-order chi connectivity index (χ1) is 8.33. The highest BCUT2D eigenvalue weighted by Crippen LogP contribution is 2.15. The van der Waals surface area contributed by atoms with E-state index in [2.05, 4.69) is 18.2 Å². The maximum Gasteiger partial charge on any atom is 0.171 e. The fraction of sp³-hybridized carbons (Fsp3) is 0.643. The molecule has 0 saturated carbocycles. The van der Waals surface area contributed by atoms with Crippen LogP contribution in [0.15, 0.2) is 23.8 Å². The fourth-order valence-corrected chi connectivity index (χ4v) is 1.79. The second-order valence-corrected chi connectivity index (χ2v) is 4.36. The molecule has 0 aromatic carbocycles. The molecule has 17 heavy (non-hydrogen) atoms. The molecule has 0 unspecified atom stereocenters. The van der Waals surface area contributed by atoms with Gasteiger partial charge in [-0.2, -0.15) is 0 Å². The Morgan fingerprint density at radius 2 is 2.24 bits per heavy atom. The Balaban J connectivity index is 2.00. The van der Waals surface area contributed by atoms with Crippen molar-refractivity contribution in [2.45, 2.75) is 38.5 Å². The van der Waals surface area contributed by atoms with E-state index in [1.165, 1.54) is 24.8 Å². The molecule has 0 heterocycles. The molecule has 0 radical (unpaired) electrons. The number of hydrogen-bond acceptors (Lipinski definition) is 3. The molecule has 0 spiro atoms. The van der Waals surface area contributed by atoms with Crippen molar-refractivity contribution in [3.8, 4) is 0 Å².